The van der Waals surface area contributed by atoms with Gasteiger partial charge in [-0.15, -0.1) is 0 Å². The van der Waals surface area contributed by atoms with Crippen molar-refractivity contribution in [2.75, 3.05) is 17.2 Å². The van der Waals surface area contributed by atoms with Crippen LogP contribution in [-0.4, -0.2) is 72.8 Å². The van der Waals surface area contributed by atoms with Crippen LogP contribution in [0, 0.1) is 5.92 Å². The van der Waals surface area contributed by atoms with Gasteiger partial charge in [-0.1, -0.05) is 37.5 Å². The molecule has 2 amide bonds. The predicted octanol–water partition coefficient (Wildman–Crippen LogP) is 4.23. The minimum absolute atomic E-state index is 0.00309. The second-order valence-electron chi connectivity index (χ2n) is 11.0. The molecule has 1 saturated carbocycles. The first kappa shape index (κ1) is 28.1. The SMILES string of the molecule is O=C(Nc1ccccc1)Nc1ncnc2c1ncn2[C@@H]1O[C@H](COc2ncccc2C(=O)O)[C@H]2OC(C3CCCCC3)O[C@H]21. The fourth-order valence-electron chi connectivity index (χ4n) is 6.10. The number of fused-ring (bicyclic) bond motifs is 2. The van der Waals surface area contributed by atoms with E-state index in [1.807, 2.05) is 18.2 Å². The Morgan fingerprint density at radius 2 is 1.75 bits per heavy atom. The third-order valence-corrected chi connectivity index (χ3v) is 8.19. The Morgan fingerprint density at radius 3 is 2.57 bits per heavy atom. The van der Waals surface area contributed by atoms with Gasteiger partial charge in [0.15, 0.2) is 29.5 Å². The Balaban J connectivity index is 1.14. The Bertz CT molecular complexity index is 1650. The molecule has 5 heterocycles. The molecule has 14 heteroatoms. The summed E-state index contributed by atoms with van der Waals surface area (Å²) in [7, 11) is 0. The number of aromatic nitrogens is 5. The first-order valence-electron chi connectivity index (χ1n) is 14.6. The van der Waals surface area contributed by atoms with Crippen LogP contribution in [0.15, 0.2) is 61.3 Å². The van der Waals surface area contributed by atoms with E-state index in [2.05, 4.69) is 30.6 Å². The highest BCUT2D eigenvalue weighted by atomic mass is 16.8. The number of rotatable bonds is 8. The molecule has 14 nitrogen and oxygen atoms in total. The van der Waals surface area contributed by atoms with Gasteiger partial charge in [-0.2, -0.15) is 0 Å². The molecule has 4 aromatic rings. The van der Waals surface area contributed by atoms with Gasteiger partial charge in [-0.05, 0) is 37.1 Å². The number of nitrogens with one attached hydrogen (secondary N) is 2. The first-order valence-corrected chi connectivity index (χ1v) is 14.6. The van der Waals surface area contributed by atoms with E-state index in [4.69, 9.17) is 18.9 Å². The average Bonchev–Trinajstić information content (AvgIpc) is 3.76. The number of hydrogen-bond donors (Lipinski definition) is 3. The molecule has 44 heavy (non-hydrogen) atoms. The van der Waals surface area contributed by atoms with E-state index in [-0.39, 0.29) is 29.8 Å². The average molecular weight is 602 g/mol. The molecule has 228 valence electrons. The fraction of sp³-hybridized carbons (Fsp3) is 0.400. The fourth-order valence-corrected chi connectivity index (χ4v) is 6.10. The maximum Gasteiger partial charge on any atom is 0.341 e. The number of imidazole rings is 1. The maximum atomic E-state index is 12.7. The van der Waals surface area contributed by atoms with Gasteiger partial charge in [0.05, 0.1) is 6.33 Å². The zero-order valence-corrected chi connectivity index (χ0v) is 23.6. The van der Waals surface area contributed by atoms with Gasteiger partial charge >= 0.3 is 12.0 Å². The molecule has 3 aliphatic rings. The molecule has 3 N–H and O–H groups in total. The van der Waals surface area contributed by atoms with E-state index in [1.54, 1.807) is 23.0 Å². The quantitative estimate of drug-likeness (QED) is 0.264. The molecule has 7 rings (SSSR count). The van der Waals surface area contributed by atoms with Gasteiger partial charge in [0.25, 0.3) is 0 Å². The lowest BCUT2D eigenvalue weighted by atomic mass is 9.89. The summed E-state index contributed by atoms with van der Waals surface area (Å²) in [6.45, 7) is -0.0101. The van der Waals surface area contributed by atoms with Crippen molar-refractivity contribution in [2.45, 2.75) is 62.9 Å². The van der Waals surface area contributed by atoms with Gasteiger partial charge < -0.3 is 29.4 Å². The van der Waals surface area contributed by atoms with Gasteiger partial charge in [-0.3, -0.25) is 9.88 Å². The summed E-state index contributed by atoms with van der Waals surface area (Å²) in [5, 5.41) is 15.1. The van der Waals surface area contributed by atoms with Crippen LogP contribution >= 0.6 is 0 Å². The van der Waals surface area contributed by atoms with Crippen molar-refractivity contribution >= 4 is 34.7 Å². The molecule has 5 atom stereocenters. The summed E-state index contributed by atoms with van der Waals surface area (Å²) in [4.78, 5) is 41.7. The number of urea groups is 1. The van der Waals surface area contributed by atoms with E-state index in [0.29, 0.717) is 16.9 Å². The van der Waals surface area contributed by atoms with Crippen LogP contribution in [0.2, 0.25) is 0 Å². The monoisotopic (exact) mass is 601 g/mol. The molecular formula is C30H31N7O7. The van der Waals surface area contributed by atoms with Crippen molar-refractivity contribution in [3.8, 4) is 5.88 Å². The van der Waals surface area contributed by atoms with Crippen LogP contribution in [0.4, 0.5) is 16.3 Å². The number of carboxylic acid groups (broad SMARTS) is 1. The first-order chi connectivity index (χ1) is 21.5. The van der Waals surface area contributed by atoms with E-state index in [0.717, 1.165) is 25.7 Å². The molecule has 0 spiro atoms. The predicted molar refractivity (Wildman–Crippen MR) is 155 cm³/mol. The Labute approximate surface area is 251 Å². The van der Waals surface area contributed by atoms with E-state index >= 15 is 0 Å². The molecule has 1 unspecified atom stereocenters. The van der Waals surface area contributed by atoms with Gasteiger partial charge in [0.1, 0.15) is 36.8 Å². The van der Waals surface area contributed by atoms with Crippen LogP contribution in [0.5, 0.6) is 5.88 Å². The summed E-state index contributed by atoms with van der Waals surface area (Å²) >= 11 is 0. The van der Waals surface area contributed by atoms with Crippen molar-refractivity contribution in [2.24, 2.45) is 5.92 Å². The third-order valence-electron chi connectivity index (χ3n) is 8.19. The van der Waals surface area contributed by atoms with Crippen LogP contribution < -0.4 is 15.4 Å². The summed E-state index contributed by atoms with van der Waals surface area (Å²) in [6.07, 6.45) is 7.21. The zero-order valence-electron chi connectivity index (χ0n) is 23.6. The summed E-state index contributed by atoms with van der Waals surface area (Å²) < 4.78 is 27.1. The lowest BCUT2D eigenvalue weighted by Crippen LogP contribution is -2.34. The number of anilines is 2. The minimum atomic E-state index is -1.14. The van der Waals surface area contributed by atoms with Crippen molar-refractivity contribution in [1.29, 1.82) is 0 Å². The number of pyridine rings is 1. The molecule has 0 bridgehead atoms. The number of carboxylic acids is 1. The molecule has 3 aromatic heterocycles. The molecule has 1 aliphatic carbocycles. The third kappa shape index (κ3) is 5.54. The van der Waals surface area contributed by atoms with E-state index < -0.39 is 42.8 Å². The van der Waals surface area contributed by atoms with Crippen molar-refractivity contribution in [1.82, 2.24) is 24.5 Å². The number of nitrogens with zero attached hydrogens (tertiary/aromatic N) is 5. The Hall–Kier alpha value is -4.66. The number of hydrogen-bond acceptors (Lipinski definition) is 10. The summed E-state index contributed by atoms with van der Waals surface area (Å²) in [5.41, 5.74) is 1.39. The topological polar surface area (TPSA) is 172 Å². The highest BCUT2D eigenvalue weighted by Gasteiger charge is 2.55. The molecule has 2 saturated heterocycles. The molecule has 3 fully saturated rings. The van der Waals surface area contributed by atoms with Crippen LogP contribution in [-0.2, 0) is 14.2 Å². The number of carbonyl (C=O) groups excluding carboxylic acids is 1. The lowest BCUT2D eigenvalue weighted by Gasteiger charge is -2.28. The molecule has 1 aromatic carbocycles. The van der Waals surface area contributed by atoms with Crippen molar-refractivity contribution in [3.63, 3.8) is 0 Å². The number of para-hydroxylation sites is 1. The maximum absolute atomic E-state index is 12.7. The Kier molecular flexibility index (Phi) is 7.77. The smallest absolute Gasteiger partial charge is 0.341 e. The van der Waals surface area contributed by atoms with E-state index in [9.17, 15) is 14.7 Å². The normalized spacial score (nSPS) is 25.0. The number of ether oxygens (including phenoxy) is 4. The highest BCUT2D eigenvalue weighted by molar-refractivity contribution is 6.02. The number of aromatic carboxylic acids is 1. The lowest BCUT2D eigenvalue weighted by molar-refractivity contribution is -0.173. The van der Waals surface area contributed by atoms with Gasteiger partial charge in [-0.25, -0.2) is 29.5 Å². The zero-order chi connectivity index (χ0) is 30.0. The van der Waals surface area contributed by atoms with Crippen LogP contribution in [0.25, 0.3) is 11.2 Å². The van der Waals surface area contributed by atoms with Gasteiger partial charge in [0, 0.05) is 17.8 Å². The second kappa shape index (κ2) is 12.1. The Morgan fingerprint density at radius 1 is 0.932 bits per heavy atom. The molecule has 0 radical (unpaired) electrons. The van der Waals surface area contributed by atoms with Crippen LogP contribution in [0.1, 0.15) is 48.7 Å². The summed E-state index contributed by atoms with van der Waals surface area (Å²) in [5.74, 6) is -0.638. The van der Waals surface area contributed by atoms with Crippen molar-refractivity contribution in [3.05, 3.63) is 66.9 Å². The number of benzene rings is 1. The number of carbonyl (C=O) groups is 2. The molecular weight excluding hydrogens is 570 g/mol. The van der Waals surface area contributed by atoms with Gasteiger partial charge in [0.2, 0.25) is 5.88 Å². The number of amides is 2. The highest BCUT2D eigenvalue weighted by Crippen LogP contribution is 2.44. The van der Waals surface area contributed by atoms with Crippen LogP contribution in [0.3, 0.4) is 0 Å². The largest absolute Gasteiger partial charge is 0.477 e. The standard InChI is InChI=1S/C30H31N7O7/c38-28(39)19-12-7-13-31-26(19)41-14-20-22-23(44-29(43-22)17-8-3-1-4-9-17)27(42-20)37-16-34-21-24(32-15-33-25(21)37)36-30(40)35-18-10-5-2-6-11-18/h2,5-7,10-13,15-17,20,22-23,27,29H,1,3-4,8-9,14H2,(H,38,39)(H2,32,33,35,36,40)/t20-,22-,23-,27-,29?/m1/s1. The summed E-state index contributed by atoms with van der Waals surface area (Å²) in [6, 6.07) is 11.6. The second-order valence-corrected chi connectivity index (χ2v) is 11.0. The van der Waals surface area contributed by atoms with E-state index in [1.165, 1.54) is 31.1 Å². The minimum Gasteiger partial charge on any atom is -0.477 e. The van der Waals surface area contributed by atoms with Crippen molar-refractivity contribution < 1.29 is 33.6 Å². The molecule has 2 aliphatic heterocycles.